The van der Waals surface area contributed by atoms with E-state index < -0.39 is 22.2 Å². The van der Waals surface area contributed by atoms with Crippen molar-refractivity contribution in [3.63, 3.8) is 0 Å². The van der Waals surface area contributed by atoms with Crippen molar-refractivity contribution in [3.05, 3.63) is 33.9 Å². The molecule has 6 heteroatoms. The molecule has 0 fully saturated rings. The van der Waals surface area contributed by atoms with E-state index in [2.05, 4.69) is 5.32 Å². The third kappa shape index (κ3) is 3.38. The van der Waals surface area contributed by atoms with Gasteiger partial charge in [0, 0.05) is 18.7 Å². The molecule has 0 aromatic heterocycles. The van der Waals surface area contributed by atoms with E-state index in [-0.39, 0.29) is 11.6 Å². The average Bonchev–Trinajstić information content (AvgIpc) is 2.23. The van der Waals surface area contributed by atoms with Crippen LogP contribution >= 0.6 is 0 Å². The van der Waals surface area contributed by atoms with E-state index >= 15 is 0 Å². The topological polar surface area (TPSA) is 55.2 Å². The summed E-state index contributed by atoms with van der Waals surface area (Å²) in [5.41, 5.74) is -0.836. The Balaban J connectivity index is 2.97. The Kier molecular flexibility index (Phi) is 4.58. The summed E-state index contributed by atoms with van der Waals surface area (Å²) in [6.07, 6.45) is 0. The Morgan fingerprint density at radius 1 is 1.33 bits per heavy atom. The summed E-state index contributed by atoms with van der Waals surface area (Å²) in [7, 11) is 0. The first-order chi connectivity index (χ1) is 8.32. The number of nitro groups is 1. The number of nitrogens with zero attached hydrogens (tertiary/aromatic N) is 1. The molecule has 0 aliphatic carbocycles. The fourth-order valence-corrected chi connectivity index (χ4v) is 1.39. The zero-order valence-corrected chi connectivity index (χ0v) is 10.5. The summed E-state index contributed by atoms with van der Waals surface area (Å²) in [6, 6.07) is 1.45. The zero-order valence-electron chi connectivity index (χ0n) is 10.5. The van der Waals surface area contributed by atoms with Crippen LogP contribution in [-0.4, -0.2) is 11.5 Å². The van der Waals surface area contributed by atoms with Crippen molar-refractivity contribution >= 4 is 11.4 Å². The fourth-order valence-electron chi connectivity index (χ4n) is 1.39. The molecule has 100 valence electrons. The normalized spacial score (nSPS) is 12.6. The summed E-state index contributed by atoms with van der Waals surface area (Å²) in [5, 5.41) is 13.5. The molecule has 1 rings (SSSR count). The minimum Gasteiger partial charge on any atom is -0.379 e. The van der Waals surface area contributed by atoms with Gasteiger partial charge in [-0.15, -0.1) is 0 Å². The van der Waals surface area contributed by atoms with Crippen molar-refractivity contribution in [1.29, 1.82) is 0 Å². The van der Waals surface area contributed by atoms with E-state index in [1.165, 1.54) is 0 Å². The van der Waals surface area contributed by atoms with Crippen LogP contribution in [0.5, 0.6) is 0 Å². The SMILES string of the molecule is CC(C)C(C)CNc1cc(F)cc(F)c1[N+](=O)[O-]. The third-order valence-corrected chi connectivity index (χ3v) is 2.96. The van der Waals surface area contributed by atoms with Gasteiger partial charge in [0.1, 0.15) is 11.5 Å². The number of hydrogen-bond donors (Lipinski definition) is 1. The van der Waals surface area contributed by atoms with Crippen LogP contribution in [0, 0.1) is 33.6 Å². The van der Waals surface area contributed by atoms with Crippen molar-refractivity contribution in [2.75, 3.05) is 11.9 Å². The Bertz CT molecular complexity index is 450. The van der Waals surface area contributed by atoms with Gasteiger partial charge in [0.2, 0.25) is 5.82 Å². The highest BCUT2D eigenvalue weighted by Gasteiger charge is 2.22. The number of benzene rings is 1. The number of anilines is 1. The van der Waals surface area contributed by atoms with Gasteiger partial charge < -0.3 is 5.32 Å². The Morgan fingerprint density at radius 3 is 2.44 bits per heavy atom. The molecule has 1 unspecified atom stereocenters. The van der Waals surface area contributed by atoms with Crippen LogP contribution in [0.3, 0.4) is 0 Å². The van der Waals surface area contributed by atoms with Crippen molar-refractivity contribution in [3.8, 4) is 0 Å². The van der Waals surface area contributed by atoms with Crippen molar-refractivity contribution in [1.82, 2.24) is 0 Å². The number of rotatable bonds is 5. The van der Waals surface area contributed by atoms with Crippen molar-refractivity contribution in [2.24, 2.45) is 11.8 Å². The Morgan fingerprint density at radius 2 is 1.94 bits per heavy atom. The van der Waals surface area contributed by atoms with Gasteiger partial charge in [-0.2, -0.15) is 4.39 Å². The summed E-state index contributed by atoms with van der Waals surface area (Å²) in [6.45, 7) is 6.39. The lowest BCUT2D eigenvalue weighted by atomic mass is 9.98. The van der Waals surface area contributed by atoms with E-state index in [1.807, 2.05) is 20.8 Å². The highest BCUT2D eigenvalue weighted by molar-refractivity contribution is 5.62. The molecule has 1 aromatic carbocycles. The maximum Gasteiger partial charge on any atom is 0.327 e. The van der Waals surface area contributed by atoms with Crippen LogP contribution < -0.4 is 5.32 Å². The number of nitrogens with one attached hydrogen (secondary N) is 1. The molecule has 0 saturated heterocycles. The highest BCUT2D eigenvalue weighted by Crippen LogP contribution is 2.29. The van der Waals surface area contributed by atoms with E-state index in [0.29, 0.717) is 18.5 Å². The smallest absolute Gasteiger partial charge is 0.327 e. The molecular weight excluding hydrogens is 242 g/mol. The summed E-state index contributed by atoms with van der Waals surface area (Å²) in [4.78, 5) is 9.89. The standard InChI is InChI=1S/C12H16F2N2O2/c1-7(2)8(3)6-15-11-5-9(13)4-10(14)12(11)16(17)18/h4-5,7-8,15H,6H2,1-3H3. The molecule has 0 saturated carbocycles. The van der Waals surface area contributed by atoms with Gasteiger partial charge in [-0.1, -0.05) is 20.8 Å². The van der Waals surface area contributed by atoms with E-state index in [1.54, 1.807) is 0 Å². The second-order valence-electron chi connectivity index (χ2n) is 4.64. The first-order valence-electron chi connectivity index (χ1n) is 5.70. The Labute approximate surface area is 104 Å². The van der Waals surface area contributed by atoms with Crippen molar-refractivity contribution in [2.45, 2.75) is 20.8 Å². The van der Waals surface area contributed by atoms with Gasteiger partial charge >= 0.3 is 5.69 Å². The lowest BCUT2D eigenvalue weighted by Gasteiger charge is -2.17. The van der Waals surface area contributed by atoms with Crippen LogP contribution in [0.2, 0.25) is 0 Å². The van der Waals surface area contributed by atoms with Crippen LogP contribution in [0.25, 0.3) is 0 Å². The second-order valence-corrected chi connectivity index (χ2v) is 4.64. The molecule has 0 heterocycles. The lowest BCUT2D eigenvalue weighted by Crippen LogP contribution is -2.17. The van der Waals surface area contributed by atoms with Crippen LogP contribution in [-0.2, 0) is 0 Å². The molecule has 4 nitrogen and oxygen atoms in total. The van der Waals surface area contributed by atoms with Gasteiger partial charge in [-0.05, 0) is 11.8 Å². The molecule has 0 bridgehead atoms. The highest BCUT2D eigenvalue weighted by atomic mass is 19.1. The molecule has 0 aliphatic heterocycles. The zero-order chi connectivity index (χ0) is 13.9. The summed E-state index contributed by atoms with van der Waals surface area (Å²) < 4.78 is 26.4. The molecule has 1 N–H and O–H groups in total. The Hall–Kier alpha value is -1.72. The van der Waals surface area contributed by atoms with E-state index in [9.17, 15) is 18.9 Å². The van der Waals surface area contributed by atoms with E-state index in [4.69, 9.17) is 0 Å². The summed E-state index contributed by atoms with van der Waals surface area (Å²) in [5.74, 6) is -1.40. The first kappa shape index (κ1) is 14.3. The predicted octanol–water partition coefficient (Wildman–Crippen LogP) is 3.58. The number of hydrogen-bond acceptors (Lipinski definition) is 3. The van der Waals surface area contributed by atoms with Crippen molar-refractivity contribution < 1.29 is 13.7 Å². The average molecular weight is 258 g/mol. The van der Waals surface area contributed by atoms with Crippen LogP contribution in [0.15, 0.2) is 12.1 Å². The van der Waals surface area contributed by atoms with Gasteiger partial charge in [-0.3, -0.25) is 10.1 Å². The molecule has 1 atom stereocenters. The predicted molar refractivity (Wildman–Crippen MR) is 65.5 cm³/mol. The van der Waals surface area contributed by atoms with Gasteiger partial charge in [0.15, 0.2) is 0 Å². The maximum atomic E-state index is 13.3. The van der Waals surface area contributed by atoms with Gasteiger partial charge in [-0.25, -0.2) is 4.39 Å². The third-order valence-electron chi connectivity index (χ3n) is 2.96. The molecule has 0 amide bonds. The minimum absolute atomic E-state index is 0.120. The van der Waals surface area contributed by atoms with Gasteiger partial charge in [0.05, 0.1) is 4.92 Å². The summed E-state index contributed by atoms with van der Waals surface area (Å²) >= 11 is 0. The largest absolute Gasteiger partial charge is 0.379 e. The minimum atomic E-state index is -1.17. The molecule has 1 aromatic rings. The fraction of sp³-hybridized carbons (Fsp3) is 0.500. The second kappa shape index (κ2) is 5.75. The molecule has 0 spiro atoms. The molecule has 0 aliphatic rings. The lowest BCUT2D eigenvalue weighted by molar-refractivity contribution is -0.386. The quantitative estimate of drug-likeness (QED) is 0.648. The van der Waals surface area contributed by atoms with Crippen LogP contribution in [0.4, 0.5) is 20.2 Å². The number of nitro benzene ring substituents is 1. The molecular formula is C12H16F2N2O2. The maximum absolute atomic E-state index is 13.3. The first-order valence-corrected chi connectivity index (χ1v) is 5.70. The molecule has 18 heavy (non-hydrogen) atoms. The van der Waals surface area contributed by atoms with Crippen LogP contribution in [0.1, 0.15) is 20.8 Å². The van der Waals surface area contributed by atoms with E-state index in [0.717, 1.165) is 6.07 Å². The van der Waals surface area contributed by atoms with Gasteiger partial charge in [0.25, 0.3) is 0 Å². The molecule has 0 radical (unpaired) electrons. The number of halogens is 2. The monoisotopic (exact) mass is 258 g/mol.